The first-order valence-electron chi connectivity index (χ1n) is 8.21. The molecule has 0 bridgehead atoms. The molecule has 27 heavy (non-hydrogen) atoms. The van der Waals surface area contributed by atoms with Gasteiger partial charge in [0.1, 0.15) is 5.82 Å². The van der Waals surface area contributed by atoms with Gasteiger partial charge in [-0.25, -0.2) is 9.18 Å². The largest absolute Gasteiger partial charge is 0.478 e. The van der Waals surface area contributed by atoms with Crippen molar-refractivity contribution < 1.29 is 14.3 Å². The summed E-state index contributed by atoms with van der Waals surface area (Å²) in [6.45, 7) is 0. The maximum atomic E-state index is 13.1. The fraction of sp³-hybridized carbons (Fsp3) is 0. The van der Waals surface area contributed by atoms with Gasteiger partial charge in [0.05, 0.1) is 22.3 Å². The maximum Gasteiger partial charge on any atom is 0.337 e. The average Bonchev–Trinajstić information content (AvgIpc) is 2.69. The molecule has 0 amide bonds. The van der Waals surface area contributed by atoms with E-state index in [-0.39, 0.29) is 11.4 Å². The van der Waals surface area contributed by atoms with Gasteiger partial charge in [-0.15, -0.1) is 0 Å². The first-order chi connectivity index (χ1) is 13.1. The van der Waals surface area contributed by atoms with Gasteiger partial charge in [0, 0.05) is 18.1 Å². The van der Waals surface area contributed by atoms with Crippen LogP contribution in [0.4, 0.5) is 15.8 Å². The number of nitrogens with zero attached hydrogens (tertiary/aromatic N) is 2. The van der Waals surface area contributed by atoms with Gasteiger partial charge in [0.2, 0.25) is 0 Å². The highest BCUT2D eigenvalue weighted by atomic mass is 19.1. The Morgan fingerprint density at radius 3 is 2.26 bits per heavy atom. The second-order valence-corrected chi connectivity index (χ2v) is 5.96. The Hall–Kier alpha value is -3.80. The van der Waals surface area contributed by atoms with Crippen molar-refractivity contribution in [2.45, 2.75) is 0 Å². The molecule has 6 heteroatoms. The number of halogens is 1. The first-order valence-corrected chi connectivity index (χ1v) is 8.21. The summed E-state index contributed by atoms with van der Waals surface area (Å²) in [6.07, 6.45) is 3.26. The molecule has 0 aliphatic rings. The first kappa shape index (κ1) is 16.7. The van der Waals surface area contributed by atoms with Crippen molar-refractivity contribution in [2.75, 3.05) is 5.32 Å². The number of rotatable bonds is 4. The molecule has 0 spiro atoms. The number of nitrogens with one attached hydrogen (secondary N) is 1. The van der Waals surface area contributed by atoms with Gasteiger partial charge in [-0.1, -0.05) is 12.1 Å². The predicted octanol–water partition coefficient (Wildman–Crippen LogP) is 4.88. The van der Waals surface area contributed by atoms with Crippen LogP contribution in [-0.2, 0) is 0 Å². The Kier molecular flexibility index (Phi) is 4.22. The highest BCUT2D eigenvalue weighted by Gasteiger charge is 2.12. The summed E-state index contributed by atoms with van der Waals surface area (Å²) in [5.41, 5.74) is 4.41. The Labute approximate surface area is 154 Å². The zero-order valence-electron chi connectivity index (χ0n) is 14.1. The third kappa shape index (κ3) is 3.46. The Balaban J connectivity index is 1.77. The van der Waals surface area contributed by atoms with Crippen LogP contribution in [0.15, 0.2) is 73.1 Å². The van der Waals surface area contributed by atoms with Gasteiger partial charge in [-0.05, 0) is 59.7 Å². The van der Waals surface area contributed by atoms with Gasteiger partial charge in [-0.3, -0.25) is 9.97 Å². The molecule has 0 saturated heterocycles. The molecule has 3 aromatic carbocycles. The van der Waals surface area contributed by atoms with E-state index >= 15 is 0 Å². The quantitative estimate of drug-likeness (QED) is 0.543. The topological polar surface area (TPSA) is 75.1 Å². The number of carbonyl (C=O) groups is 1. The number of hydrogen-bond donors (Lipinski definition) is 2. The van der Waals surface area contributed by atoms with E-state index in [0.29, 0.717) is 11.4 Å². The number of benzene rings is 3. The molecule has 0 atom stereocenters. The van der Waals surface area contributed by atoms with Crippen LogP contribution in [0, 0.1) is 5.82 Å². The van der Waals surface area contributed by atoms with E-state index in [1.807, 2.05) is 18.2 Å². The SMILES string of the molecule is O=C(O)c1ccc(-c2ccc3nccnc3c2)cc1Nc1ccc(F)cc1. The lowest BCUT2D eigenvalue weighted by molar-refractivity contribution is 0.0698. The van der Waals surface area contributed by atoms with Crippen molar-refractivity contribution in [1.29, 1.82) is 0 Å². The summed E-state index contributed by atoms with van der Waals surface area (Å²) < 4.78 is 13.1. The van der Waals surface area contributed by atoms with Crippen molar-refractivity contribution in [1.82, 2.24) is 9.97 Å². The molecule has 4 rings (SSSR count). The summed E-state index contributed by atoms with van der Waals surface area (Å²) in [6, 6.07) is 16.5. The van der Waals surface area contributed by atoms with Crippen LogP contribution in [0.5, 0.6) is 0 Å². The summed E-state index contributed by atoms with van der Waals surface area (Å²) >= 11 is 0. The standard InChI is InChI=1S/C21H14FN3O2/c22-15-3-5-16(6-4-15)25-19-11-13(1-7-17(19)21(26)27)14-2-8-18-20(12-14)24-10-9-23-18/h1-12,25H,(H,26,27). The van der Waals surface area contributed by atoms with E-state index in [2.05, 4.69) is 15.3 Å². The van der Waals surface area contributed by atoms with E-state index in [1.165, 1.54) is 12.1 Å². The number of carboxylic acids is 1. The lowest BCUT2D eigenvalue weighted by atomic mass is 10.0. The van der Waals surface area contributed by atoms with Crippen LogP contribution in [0.2, 0.25) is 0 Å². The Bertz CT molecular complexity index is 1140. The summed E-state index contributed by atoms with van der Waals surface area (Å²) in [4.78, 5) is 20.1. The minimum Gasteiger partial charge on any atom is -0.478 e. The molecule has 2 N–H and O–H groups in total. The molecule has 0 unspecified atom stereocenters. The third-order valence-electron chi connectivity index (χ3n) is 4.18. The summed E-state index contributed by atoms with van der Waals surface area (Å²) in [5, 5.41) is 12.5. The lowest BCUT2D eigenvalue weighted by Crippen LogP contribution is -2.03. The van der Waals surface area contributed by atoms with Crippen molar-refractivity contribution >= 4 is 28.4 Å². The monoisotopic (exact) mass is 359 g/mol. The van der Waals surface area contributed by atoms with Crippen LogP contribution in [-0.4, -0.2) is 21.0 Å². The molecule has 1 aromatic heterocycles. The third-order valence-corrected chi connectivity index (χ3v) is 4.18. The minimum absolute atomic E-state index is 0.128. The summed E-state index contributed by atoms with van der Waals surface area (Å²) in [5.74, 6) is -1.40. The zero-order valence-corrected chi connectivity index (χ0v) is 14.1. The van der Waals surface area contributed by atoms with Crippen molar-refractivity contribution in [3.05, 3.63) is 84.4 Å². The van der Waals surface area contributed by atoms with E-state index in [4.69, 9.17) is 0 Å². The number of aromatic carboxylic acids is 1. The molecule has 1 heterocycles. The van der Waals surface area contributed by atoms with Crippen molar-refractivity contribution in [2.24, 2.45) is 0 Å². The van der Waals surface area contributed by atoms with Crippen LogP contribution < -0.4 is 5.32 Å². The number of anilines is 2. The second kappa shape index (κ2) is 6.84. The summed E-state index contributed by atoms with van der Waals surface area (Å²) in [7, 11) is 0. The van der Waals surface area contributed by atoms with Crippen molar-refractivity contribution in [3.8, 4) is 11.1 Å². The van der Waals surface area contributed by atoms with Crippen molar-refractivity contribution in [3.63, 3.8) is 0 Å². The molecule has 0 saturated carbocycles. The Morgan fingerprint density at radius 2 is 1.52 bits per heavy atom. The molecule has 0 radical (unpaired) electrons. The average molecular weight is 359 g/mol. The fourth-order valence-corrected chi connectivity index (χ4v) is 2.85. The molecular formula is C21H14FN3O2. The van der Waals surface area contributed by atoms with E-state index in [9.17, 15) is 14.3 Å². The van der Waals surface area contributed by atoms with Crippen LogP contribution in [0.1, 0.15) is 10.4 Å². The molecule has 132 valence electrons. The number of hydrogen-bond acceptors (Lipinski definition) is 4. The normalized spacial score (nSPS) is 10.7. The fourth-order valence-electron chi connectivity index (χ4n) is 2.85. The molecule has 4 aromatic rings. The van der Waals surface area contributed by atoms with Crippen LogP contribution in [0.25, 0.3) is 22.2 Å². The zero-order chi connectivity index (χ0) is 18.8. The van der Waals surface area contributed by atoms with Gasteiger partial charge in [0.25, 0.3) is 0 Å². The van der Waals surface area contributed by atoms with E-state index < -0.39 is 5.97 Å². The molecule has 0 fully saturated rings. The predicted molar refractivity (Wildman–Crippen MR) is 102 cm³/mol. The highest BCUT2D eigenvalue weighted by molar-refractivity contribution is 5.96. The number of carboxylic acid groups (broad SMARTS) is 1. The molecule has 0 aliphatic carbocycles. The van der Waals surface area contributed by atoms with Crippen LogP contribution in [0.3, 0.4) is 0 Å². The van der Waals surface area contributed by atoms with Gasteiger partial charge in [-0.2, -0.15) is 0 Å². The van der Waals surface area contributed by atoms with Gasteiger partial charge < -0.3 is 10.4 Å². The molecular weight excluding hydrogens is 345 g/mol. The van der Waals surface area contributed by atoms with E-state index in [0.717, 1.165) is 22.2 Å². The smallest absolute Gasteiger partial charge is 0.337 e. The number of aromatic nitrogens is 2. The molecule has 0 aliphatic heterocycles. The van der Waals surface area contributed by atoms with E-state index in [1.54, 1.807) is 42.7 Å². The number of fused-ring (bicyclic) bond motifs is 1. The Morgan fingerprint density at radius 1 is 0.852 bits per heavy atom. The highest BCUT2D eigenvalue weighted by Crippen LogP contribution is 2.29. The lowest BCUT2D eigenvalue weighted by Gasteiger charge is -2.12. The minimum atomic E-state index is -1.05. The molecule has 5 nitrogen and oxygen atoms in total. The van der Waals surface area contributed by atoms with Gasteiger partial charge in [0.15, 0.2) is 0 Å². The second-order valence-electron chi connectivity index (χ2n) is 5.96. The van der Waals surface area contributed by atoms with Gasteiger partial charge >= 0.3 is 5.97 Å². The van der Waals surface area contributed by atoms with Crippen LogP contribution >= 0.6 is 0 Å². The maximum absolute atomic E-state index is 13.1.